The Hall–Kier alpha value is -1.74. The first-order valence-corrected chi connectivity index (χ1v) is 7.66. The van der Waals surface area contributed by atoms with Gasteiger partial charge in [-0.3, -0.25) is 0 Å². The molecule has 1 aromatic carbocycles. The average Bonchev–Trinajstić information content (AvgIpc) is 2.42. The standard InChI is InChI=1S/C18H25N3/c1-13(2)19-11-10-17-14(3)20-18(21-15(17)4)12-16-8-6-5-7-9-16/h5-9,13,19H,10-12H2,1-4H3. The van der Waals surface area contributed by atoms with Crippen molar-refractivity contribution in [1.82, 2.24) is 15.3 Å². The molecule has 0 spiro atoms. The van der Waals surface area contributed by atoms with Gasteiger partial charge in [-0.25, -0.2) is 9.97 Å². The normalized spacial score (nSPS) is 11.1. The number of nitrogens with zero attached hydrogens (tertiary/aromatic N) is 2. The Morgan fingerprint density at radius 1 is 1.00 bits per heavy atom. The van der Waals surface area contributed by atoms with E-state index < -0.39 is 0 Å². The lowest BCUT2D eigenvalue weighted by Gasteiger charge is -2.13. The molecule has 0 fully saturated rings. The van der Waals surface area contributed by atoms with Crippen LogP contribution < -0.4 is 5.32 Å². The minimum absolute atomic E-state index is 0.517. The lowest BCUT2D eigenvalue weighted by Crippen LogP contribution is -2.25. The molecule has 1 N–H and O–H groups in total. The Morgan fingerprint density at radius 3 is 2.19 bits per heavy atom. The van der Waals surface area contributed by atoms with Crippen LogP contribution in [0.4, 0.5) is 0 Å². The van der Waals surface area contributed by atoms with Gasteiger partial charge in [0.25, 0.3) is 0 Å². The van der Waals surface area contributed by atoms with Crippen molar-refractivity contribution in [2.45, 2.75) is 46.6 Å². The minimum Gasteiger partial charge on any atom is -0.314 e. The number of aromatic nitrogens is 2. The van der Waals surface area contributed by atoms with Crippen LogP contribution in [0.15, 0.2) is 30.3 Å². The molecule has 2 aromatic rings. The lowest BCUT2D eigenvalue weighted by molar-refractivity contribution is 0.587. The van der Waals surface area contributed by atoms with Crippen molar-refractivity contribution in [3.8, 4) is 0 Å². The second-order valence-electron chi connectivity index (χ2n) is 5.81. The van der Waals surface area contributed by atoms with Crippen LogP contribution in [0.3, 0.4) is 0 Å². The van der Waals surface area contributed by atoms with E-state index in [0.717, 1.165) is 36.6 Å². The highest BCUT2D eigenvalue weighted by Gasteiger charge is 2.09. The Kier molecular flexibility index (Phi) is 5.45. The molecule has 0 aliphatic rings. The van der Waals surface area contributed by atoms with Crippen LogP contribution in [0.2, 0.25) is 0 Å². The minimum atomic E-state index is 0.517. The molecular formula is C18H25N3. The summed E-state index contributed by atoms with van der Waals surface area (Å²) in [5, 5.41) is 3.45. The smallest absolute Gasteiger partial charge is 0.133 e. The van der Waals surface area contributed by atoms with Gasteiger partial charge in [-0.1, -0.05) is 44.2 Å². The maximum absolute atomic E-state index is 4.69. The first-order valence-electron chi connectivity index (χ1n) is 7.66. The number of aryl methyl sites for hydroxylation is 2. The van der Waals surface area contributed by atoms with Crippen LogP contribution in [-0.4, -0.2) is 22.6 Å². The Bertz CT molecular complexity index is 553. The maximum Gasteiger partial charge on any atom is 0.133 e. The van der Waals surface area contributed by atoms with Crippen LogP contribution >= 0.6 is 0 Å². The van der Waals surface area contributed by atoms with E-state index >= 15 is 0 Å². The summed E-state index contributed by atoms with van der Waals surface area (Å²) in [6.07, 6.45) is 1.79. The van der Waals surface area contributed by atoms with Crippen molar-refractivity contribution >= 4 is 0 Å². The van der Waals surface area contributed by atoms with Gasteiger partial charge in [0.1, 0.15) is 5.82 Å². The highest BCUT2D eigenvalue weighted by molar-refractivity contribution is 5.27. The van der Waals surface area contributed by atoms with Crippen molar-refractivity contribution < 1.29 is 0 Å². The van der Waals surface area contributed by atoms with E-state index in [-0.39, 0.29) is 0 Å². The van der Waals surface area contributed by atoms with Crippen LogP contribution in [0.25, 0.3) is 0 Å². The van der Waals surface area contributed by atoms with Gasteiger partial charge in [0, 0.05) is 23.9 Å². The molecule has 0 bridgehead atoms. The van der Waals surface area contributed by atoms with E-state index in [2.05, 4.69) is 67.2 Å². The molecule has 0 saturated heterocycles. The summed E-state index contributed by atoms with van der Waals surface area (Å²) in [7, 11) is 0. The fourth-order valence-electron chi connectivity index (χ4n) is 2.51. The number of rotatable bonds is 6. The van der Waals surface area contributed by atoms with E-state index in [1.165, 1.54) is 11.1 Å². The fourth-order valence-corrected chi connectivity index (χ4v) is 2.51. The second-order valence-corrected chi connectivity index (χ2v) is 5.81. The summed E-state index contributed by atoms with van der Waals surface area (Å²) >= 11 is 0. The second kappa shape index (κ2) is 7.32. The SMILES string of the molecule is Cc1nc(Cc2ccccc2)nc(C)c1CCNC(C)C. The van der Waals surface area contributed by atoms with Gasteiger partial charge in [-0.05, 0) is 37.9 Å². The third-order valence-corrected chi connectivity index (χ3v) is 3.60. The van der Waals surface area contributed by atoms with E-state index in [4.69, 9.17) is 0 Å². The lowest BCUT2D eigenvalue weighted by atomic mass is 10.1. The van der Waals surface area contributed by atoms with Crippen LogP contribution in [-0.2, 0) is 12.8 Å². The Balaban J connectivity index is 2.09. The van der Waals surface area contributed by atoms with Gasteiger partial charge in [-0.15, -0.1) is 0 Å². The summed E-state index contributed by atoms with van der Waals surface area (Å²) in [6, 6.07) is 10.9. The van der Waals surface area contributed by atoms with E-state index in [9.17, 15) is 0 Å². The van der Waals surface area contributed by atoms with Gasteiger partial charge in [0.2, 0.25) is 0 Å². The predicted molar refractivity (Wildman–Crippen MR) is 87.6 cm³/mol. The summed E-state index contributed by atoms with van der Waals surface area (Å²) in [5.74, 6) is 0.914. The molecule has 0 saturated carbocycles. The molecule has 1 aromatic heterocycles. The maximum atomic E-state index is 4.69. The number of hydrogen-bond acceptors (Lipinski definition) is 3. The van der Waals surface area contributed by atoms with E-state index in [0.29, 0.717) is 6.04 Å². The van der Waals surface area contributed by atoms with Gasteiger partial charge in [-0.2, -0.15) is 0 Å². The zero-order chi connectivity index (χ0) is 15.2. The van der Waals surface area contributed by atoms with Gasteiger partial charge < -0.3 is 5.32 Å². The molecule has 0 unspecified atom stereocenters. The van der Waals surface area contributed by atoms with Gasteiger partial charge >= 0.3 is 0 Å². The molecule has 0 amide bonds. The Morgan fingerprint density at radius 2 is 1.62 bits per heavy atom. The van der Waals surface area contributed by atoms with Crippen molar-refractivity contribution in [3.05, 3.63) is 58.7 Å². The molecule has 112 valence electrons. The van der Waals surface area contributed by atoms with Crippen molar-refractivity contribution in [3.63, 3.8) is 0 Å². The molecular weight excluding hydrogens is 258 g/mol. The number of benzene rings is 1. The Labute approximate surface area is 127 Å². The van der Waals surface area contributed by atoms with Crippen LogP contribution in [0.1, 0.15) is 42.2 Å². The first-order chi connectivity index (χ1) is 10.1. The highest BCUT2D eigenvalue weighted by atomic mass is 14.9. The largest absolute Gasteiger partial charge is 0.314 e. The summed E-state index contributed by atoms with van der Waals surface area (Å²) < 4.78 is 0. The third kappa shape index (κ3) is 4.64. The van der Waals surface area contributed by atoms with Crippen molar-refractivity contribution in [2.75, 3.05) is 6.54 Å². The third-order valence-electron chi connectivity index (χ3n) is 3.60. The van der Waals surface area contributed by atoms with Crippen molar-refractivity contribution in [2.24, 2.45) is 0 Å². The van der Waals surface area contributed by atoms with Crippen LogP contribution in [0, 0.1) is 13.8 Å². The topological polar surface area (TPSA) is 37.8 Å². The average molecular weight is 283 g/mol. The molecule has 2 rings (SSSR count). The molecule has 3 nitrogen and oxygen atoms in total. The summed E-state index contributed by atoms with van der Waals surface area (Å²) in [5.41, 5.74) is 4.75. The molecule has 0 atom stereocenters. The quantitative estimate of drug-likeness (QED) is 0.884. The monoisotopic (exact) mass is 283 g/mol. The molecule has 1 heterocycles. The van der Waals surface area contributed by atoms with E-state index in [1.54, 1.807) is 0 Å². The van der Waals surface area contributed by atoms with Gasteiger partial charge in [0.05, 0.1) is 0 Å². The zero-order valence-electron chi connectivity index (χ0n) is 13.5. The number of nitrogens with one attached hydrogen (secondary N) is 1. The zero-order valence-corrected chi connectivity index (χ0v) is 13.5. The van der Waals surface area contributed by atoms with Crippen LogP contribution in [0.5, 0.6) is 0 Å². The molecule has 0 aliphatic carbocycles. The highest BCUT2D eigenvalue weighted by Crippen LogP contribution is 2.13. The fraction of sp³-hybridized carbons (Fsp3) is 0.444. The van der Waals surface area contributed by atoms with Gasteiger partial charge in [0.15, 0.2) is 0 Å². The first kappa shape index (κ1) is 15.6. The summed E-state index contributed by atoms with van der Waals surface area (Å²) in [4.78, 5) is 9.38. The van der Waals surface area contributed by atoms with E-state index in [1.807, 2.05) is 6.07 Å². The molecule has 3 heteroatoms. The summed E-state index contributed by atoms with van der Waals surface area (Å²) in [6.45, 7) is 9.49. The molecule has 0 radical (unpaired) electrons. The number of hydrogen-bond donors (Lipinski definition) is 1. The molecule has 21 heavy (non-hydrogen) atoms. The molecule has 0 aliphatic heterocycles. The predicted octanol–water partition coefficient (Wildman–Crippen LogP) is 3.22. The van der Waals surface area contributed by atoms with Crippen molar-refractivity contribution in [1.29, 1.82) is 0 Å².